The van der Waals surface area contributed by atoms with Gasteiger partial charge in [-0.25, -0.2) is 15.8 Å². The quantitative estimate of drug-likeness (QED) is 0.212. The van der Waals surface area contributed by atoms with Crippen LogP contribution in [0.3, 0.4) is 0 Å². The Morgan fingerprint density at radius 3 is 2.63 bits per heavy atom. The Kier molecular flexibility index (Phi) is 7.84. The molecule has 6 nitrogen and oxygen atoms in total. The standard InChI is InChI=1S/C28H38ClN5O/c1-17(2)35-21(6)14-22-8-7-9-23(11-10-22)33-15-20(5)26-27(33)31-16-32-28(26)34(30)25-13-18(3)24(29)12-19(25)4/h8,12-13,15-17,21,23H,7,9-11,14,30H2,1-6H3. The summed E-state index contributed by atoms with van der Waals surface area (Å²) in [6.07, 6.45) is 12.1. The monoisotopic (exact) mass is 495 g/mol. The van der Waals surface area contributed by atoms with E-state index in [-0.39, 0.29) is 12.2 Å². The second-order valence-corrected chi connectivity index (χ2v) is 10.6. The number of rotatable bonds is 7. The second-order valence-electron chi connectivity index (χ2n) is 10.2. The van der Waals surface area contributed by atoms with Crippen LogP contribution in [-0.4, -0.2) is 26.7 Å². The zero-order chi connectivity index (χ0) is 25.3. The van der Waals surface area contributed by atoms with E-state index in [9.17, 15) is 0 Å². The summed E-state index contributed by atoms with van der Waals surface area (Å²) < 4.78 is 8.32. The summed E-state index contributed by atoms with van der Waals surface area (Å²) >= 11 is 6.32. The molecule has 7 heteroatoms. The van der Waals surface area contributed by atoms with Gasteiger partial charge in [0.1, 0.15) is 12.0 Å². The van der Waals surface area contributed by atoms with Gasteiger partial charge in [0, 0.05) is 17.3 Å². The number of hydrogen-bond acceptors (Lipinski definition) is 5. The lowest BCUT2D eigenvalue weighted by Gasteiger charge is -2.22. The minimum Gasteiger partial charge on any atom is -0.376 e. The fourth-order valence-corrected chi connectivity index (χ4v) is 5.49. The van der Waals surface area contributed by atoms with Crippen LogP contribution in [-0.2, 0) is 4.74 Å². The summed E-state index contributed by atoms with van der Waals surface area (Å²) in [5.41, 5.74) is 6.45. The van der Waals surface area contributed by atoms with Crippen molar-refractivity contribution in [3.05, 3.63) is 58.0 Å². The predicted molar refractivity (Wildman–Crippen MR) is 145 cm³/mol. The molecule has 0 amide bonds. The highest BCUT2D eigenvalue weighted by atomic mass is 35.5. The highest BCUT2D eigenvalue weighted by Gasteiger charge is 2.23. The van der Waals surface area contributed by atoms with E-state index < -0.39 is 0 Å². The minimum absolute atomic E-state index is 0.248. The van der Waals surface area contributed by atoms with Crippen LogP contribution in [0.5, 0.6) is 0 Å². The van der Waals surface area contributed by atoms with Crippen molar-refractivity contribution < 1.29 is 4.74 Å². The molecule has 0 bridgehead atoms. The average Bonchev–Trinajstić information content (AvgIpc) is 2.97. The third-order valence-electron chi connectivity index (χ3n) is 6.92. The van der Waals surface area contributed by atoms with Crippen LogP contribution in [0.1, 0.15) is 75.6 Å². The Labute approximate surface area is 214 Å². The lowest BCUT2D eigenvalue weighted by molar-refractivity contribution is 0.0190. The lowest BCUT2D eigenvalue weighted by Crippen LogP contribution is -2.27. The van der Waals surface area contributed by atoms with Crippen molar-refractivity contribution in [2.45, 2.75) is 91.9 Å². The van der Waals surface area contributed by atoms with Crippen molar-refractivity contribution in [3.8, 4) is 0 Å². The van der Waals surface area contributed by atoms with Crippen molar-refractivity contribution in [2.75, 3.05) is 5.01 Å². The molecule has 1 aromatic carbocycles. The largest absolute Gasteiger partial charge is 0.376 e. The fraction of sp³-hybridized carbons (Fsp3) is 0.500. The van der Waals surface area contributed by atoms with Crippen LogP contribution >= 0.6 is 11.6 Å². The molecule has 188 valence electrons. The summed E-state index contributed by atoms with van der Waals surface area (Å²) in [5.74, 6) is 7.36. The molecule has 2 atom stereocenters. The average molecular weight is 496 g/mol. The molecule has 0 aliphatic heterocycles. The molecule has 2 heterocycles. The van der Waals surface area contributed by atoms with Crippen LogP contribution < -0.4 is 10.9 Å². The molecule has 3 aromatic rings. The number of hydrogen-bond donors (Lipinski definition) is 1. The lowest BCUT2D eigenvalue weighted by atomic mass is 10.0. The van der Waals surface area contributed by atoms with Gasteiger partial charge in [0.15, 0.2) is 5.82 Å². The van der Waals surface area contributed by atoms with E-state index in [1.165, 1.54) is 5.57 Å². The van der Waals surface area contributed by atoms with Crippen LogP contribution in [0, 0.1) is 20.8 Å². The van der Waals surface area contributed by atoms with E-state index in [2.05, 4.69) is 49.5 Å². The van der Waals surface area contributed by atoms with Crippen molar-refractivity contribution >= 4 is 34.1 Å². The van der Waals surface area contributed by atoms with Crippen LogP contribution in [0.2, 0.25) is 5.02 Å². The molecule has 2 unspecified atom stereocenters. The van der Waals surface area contributed by atoms with Crippen molar-refractivity contribution in [2.24, 2.45) is 5.84 Å². The molecular formula is C28H38ClN5O. The molecule has 1 aliphatic carbocycles. The van der Waals surface area contributed by atoms with Gasteiger partial charge in [-0.05, 0) is 102 Å². The number of fused-ring (bicyclic) bond motifs is 1. The van der Waals surface area contributed by atoms with Gasteiger partial charge < -0.3 is 9.30 Å². The van der Waals surface area contributed by atoms with Gasteiger partial charge >= 0.3 is 0 Å². The van der Waals surface area contributed by atoms with E-state index in [0.717, 1.165) is 70.5 Å². The van der Waals surface area contributed by atoms with Gasteiger partial charge in [-0.3, -0.25) is 5.01 Å². The molecule has 4 rings (SSSR count). The maximum absolute atomic E-state index is 6.65. The van der Waals surface area contributed by atoms with Gasteiger partial charge in [0.25, 0.3) is 0 Å². The number of benzene rings is 1. The molecule has 35 heavy (non-hydrogen) atoms. The van der Waals surface area contributed by atoms with Crippen LogP contribution in [0.15, 0.2) is 36.3 Å². The van der Waals surface area contributed by atoms with Crippen LogP contribution in [0.25, 0.3) is 11.0 Å². The number of aromatic nitrogens is 3. The third kappa shape index (κ3) is 5.55. The Morgan fingerprint density at radius 1 is 1.11 bits per heavy atom. The Bertz CT molecular complexity index is 1230. The smallest absolute Gasteiger partial charge is 0.160 e. The predicted octanol–water partition coefficient (Wildman–Crippen LogP) is 7.27. The number of ether oxygens (including phenoxy) is 1. The number of aryl methyl sites for hydroxylation is 3. The zero-order valence-electron chi connectivity index (χ0n) is 21.8. The number of hydrazine groups is 1. The van der Waals surface area contributed by atoms with Gasteiger partial charge in [-0.1, -0.05) is 23.3 Å². The topological polar surface area (TPSA) is 69.2 Å². The first-order valence-electron chi connectivity index (χ1n) is 12.6. The first-order valence-corrected chi connectivity index (χ1v) is 13.0. The molecule has 0 radical (unpaired) electrons. The van der Waals surface area contributed by atoms with E-state index in [1.807, 2.05) is 26.0 Å². The zero-order valence-corrected chi connectivity index (χ0v) is 22.6. The first-order chi connectivity index (χ1) is 16.7. The van der Waals surface area contributed by atoms with Crippen molar-refractivity contribution in [1.82, 2.24) is 14.5 Å². The molecular weight excluding hydrogens is 458 g/mol. The Morgan fingerprint density at radius 2 is 1.89 bits per heavy atom. The number of nitrogens with two attached hydrogens (primary N) is 1. The SMILES string of the molecule is Cc1cc(N(N)c2ncnc3c2c(C)cn3C2CCC=C(CC(C)OC(C)C)CC2)c(C)cc1Cl. The Hall–Kier alpha value is -2.41. The summed E-state index contributed by atoms with van der Waals surface area (Å²) in [6.45, 7) is 12.5. The van der Waals surface area contributed by atoms with Gasteiger partial charge in [-0.15, -0.1) is 0 Å². The van der Waals surface area contributed by atoms with Crippen LogP contribution in [0.4, 0.5) is 11.5 Å². The number of allylic oxidation sites excluding steroid dienone is 1. The normalized spacial score (nSPS) is 17.5. The number of halogens is 1. The van der Waals surface area contributed by atoms with E-state index >= 15 is 0 Å². The molecule has 0 saturated carbocycles. The Balaban J connectivity index is 1.60. The van der Waals surface area contributed by atoms with Gasteiger partial charge in [0.05, 0.1) is 23.3 Å². The fourth-order valence-electron chi connectivity index (χ4n) is 5.27. The van der Waals surface area contributed by atoms with E-state index in [4.69, 9.17) is 27.2 Å². The molecule has 2 aromatic heterocycles. The summed E-state index contributed by atoms with van der Waals surface area (Å²) in [4.78, 5) is 9.31. The maximum Gasteiger partial charge on any atom is 0.160 e. The summed E-state index contributed by atoms with van der Waals surface area (Å²) in [7, 11) is 0. The van der Waals surface area contributed by atoms with Crippen molar-refractivity contribution in [3.63, 3.8) is 0 Å². The summed E-state index contributed by atoms with van der Waals surface area (Å²) in [5, 5.41) is 3.41. The number of anilines is 2. The minimum atomic E-state index is 0.248. The third-order valence-corrected chi connectivity index (χ3v) is 7.33. The van der Waals surface area contributed by atoms with E-state index in [1.54, 1.807) is 11.3 Å². The summed E-state index contributed by atoms with van der Waals surface area (Å²) in [6, 6.07) is 4.35. The molecule has 1 aliphatic rings. The second kappa shape index (κ2) is 10.7. The molecule has 0 fully saturated rings. The highest BCUT2D eigenvalue weighted by molar-refractivity contribution is 6.31. The van der Waals surface area contributed by atoms with E-state index in [0.29, 0.717) is 11.9 Å². The maximum atomic E-state index is 6.65. The highest BCUT2D eigenvalue weighted by Crippen LogP contribution is 2.37. The van der Waals surface area contributed by atoms with Gasteiger partial charge in [-0.2, -0.15) is 0 Å². The molecule has 0 spiro atoms. The number of nitrogens with zero attached hydrogens (tertiary/aromatic N) is 4. The van der Waals surface area contributed by atoms with Crippen molar-refractivity contribution in [1.29, 1.82) is 0 Å². The molecule has 0 saturated heterocycles. The van der Waals surface area contributed by atoms with Gasteiger partial charge in [0.2, 0.25) is 0 Å². The first kappa shape index (κ1) is 25.7. The molecule has 2 N–H and O–H groups in total.